The van der Waals surface area contributed by atoms with Gasteiger partial charge in [-0.15, -0.1) is 0 Å². The summed E-state index contributed by atoms with van der Waals surface area (Å²) in [6.07, 6.45) is 6.00. The van der Waals surface area contributed by atoms with Crippen molar-refractivity contribution < 1.29 is 37.8 Å². The number of likely N-dealkylation sites (tertiary alicyclic amines) is 1. The monoisotopic (exact) mass is 509 g/mol. The third-order valence-corrected chi connectivity index (χ3v) is 6.16. The number of nitrogens with zero attached hydrogens (tertiary/aromatic N) is 2. The molecule has 2 aromatic rings. The van der Waals surface area contributed by atoms with Crippen molar-refractivity contribution in [1.82, 2.24) is 14.2 Å². The molecule has 1 saturated heterocycles. The lowest BCUT2D eigenvalue weighted by atomic mass is 9.98. The van der Waals surface area contributed by atoms with Crippen molar-refractivity contribution in [2.75, 3.05) is 39.0 Å². The molecular weight excluding hydrogens is 478 g/mol. The highest BCUT2D eigenvalue weighted by Crippen LogP contribution is 2.22. The van der Waals surface area contributed by atoms with Gasteiger partial charge in [-0.05, 0) is 37.9 Å². The van der Waals surface area contributed by atoms with Gasteiger partial charge in [0.15, 0.2) is 0 Å². The van der Waals surface area contributed by atoms with Crippen LogP contribution in [0.1, 0.15) is 23.2 Å². The number of carbonyl (C=O) groups excluding carboxylic acids is 1. The number of carboxylic acids is 2. The molecule has 35 heavy (non-hydrogen) atoms. The largest absolute Gasteiger partial charge is 0.478 e. The van der Waals surface area contributed by atoms with Gasteiger partial charge in [-0.2, -0.15) is 0 Å². The van der Waals surface area contributed by atoms with Gasteiger partial charge in [0.05, 0.1) is 18.4 Å². The van der Waals surface area contributed by atoms with Crippen molar-refractivity contribution >= 4 is 38.8 Å². The summed E-state index contributed by atoms with van der Waals surface area (Å²) >= 11 is 0. The van der Waals surface area contributed by atoms with Crippen LogP contribution < -0.4 is 4.72 Å². The van der Waals surface area contributed by atoms with Crippen LogP contribution in [-0.2, 0) is 31.4 Å². The molecule has 0 bridgehead atoms. The lowest BCUT2D eigenvalue weighted by Gasteiger charge is -2.31. The van der Waals surface area contributed by atoms with Gasteiger partial charge in [0.25, 0.3) is 0 Å². The van der Waals surface area contributed by atoms with Gasteiger partial charge >= 0.3 is 17.9 Å². The van der Waals surface area contributed by atoms with E-state index in [9.17, 15) is 22.8 Å². The third kappa shape index (κ3) is 9.89. The summed E-state index contributed by atoms with van der Waals surface area (Å²) in [6.45, 7) is 3.34. The summed E-state index contributed by atoms with van der Waals surface area (Å²) in [6, 6.07) is 7.81. The maximum absolute atomic E-state index is 12.5. The van der Waals surface area contributed by atoms with Crippen LogP contribution in [-0.4, -0.2) is 85.0 Å². The number of aliphatic carboxylic acids is 2. The smallest absolute Gasteiger partial charge is 0.340 e. The fourth-order valence-electron chi connectivity index (χ4n) is 3.68. The molecule has 3 N–H and O–H groups in total. The Morgan fingerprint density at radius 2 is 1.71 bits per heavy atom. The van der Waals surface area contributed by atoms with Crippen molar-refractivity contribution in [3.63, 3.8) is 0 Å². The number of piperidine rings is 1. The normalized spacial score (nSPS) is 15.0. The molecule has 0 unspecified atom stereocenters. The van der Waals surface area contributed by atoms with Gasteiger partial charge < -0.3 is 24.4 Å². The number of hydrogen-bond acceptors (Lipinski definition) is 7. The number of rotatable bonds is 9. The van der Waals surface area contributed by atoms with Crippen LogP contribution in [0, 0.1) is 5.92 Å². The number of benzene rings is 1. The van der Waals surface area contributed by atoms with E-state index in [1.807, 2.05) is 42.1 Å². The van der Waals surface area contributed by atoms with E-state index in [4.69, 9.17) is 14.9 Å². The Morgan fingerprint density at radius 3 is 2.29 bits per heavy atom. The molecule has 0 radical (unpaired) electrons. The average Bonchev–Trinajstić information content (AvgIpc) is 3.13. The zero-order valence-electron chi connectivity index (χ0n) is 19.7. The number of aromatic nitrogens is 1. The summed E-state index contributed by atoms with van der Waals surface area (Å²) < 4.78 is 32.2. The number of carboxylic acid groups (broad SMARTS) is 2. The Labute approximate surface area is 204 Å². The Balaban J connectivity index is 0.000000466. The highest BCUT2D eigenvalue weighted by molar-refractivity contribution is 7.88. The second-order valence-electron chi connectivity index (χ2n) is 8.23. The predicted octanol–water partition coefficient (Wildman–Crippen LogP) is 1.31. The van der Waals surface area contributed by atoms with Crippen LogP contribution in [0.5, 0.6) is 0 Å². The Hall–Kier alpha value is -3.22. The molecule has 1 aliphatic heterocycles. The Kier molecular flexibility index (Phi) is 10.4. The second-order valence-corrected chi connectivity index (χ2v) is 10.1. The van der Waals surface area contributed by atoms with Crippen LogP contribution in [0.3, 0.4) is 0 Å². The lowest BCUT2D eigenvalue weighted by molar-refractivity contribution is -0.134. The molecular formula is C23H31N3O8S. The topological polar surface area (TPSA) is 155 Å². The summed E-state index contributed by atoms with van der Waals surface area (Å²) in [5.74, 6) is -2.44. The van der Waals surface area contributed by atoms with E-state index in [1.165, 1.54) is 6.26 Å². The Bertz CT molecular complexity index is 1150. The molecule has 12 heteroatoms. The number of ether oxygens (including phenoxy) is 1. The molecule has 0 saturated carbocycles. The van der Waals surface area contributed by atoms with E-state index in [2.05, 4.69) is 9.62 Å². The molecule has 0 spiro atoms. The van der Waals surface area contributed by atoms with Crippen molar-refractivity contribution in [1.29, 1.82) is 0 Å². The van der Waals surface area contributed by atoms with Crippen molar-refractivity contribution in [3.8, 4) is 0 Å². The standard InChI is InChI=1S/C19H27N3O4S.C4H4O4/c1-21-13-17(16-5-3-4-6-18(16)21)19(23)26-14-15-7-10-22(11-8-15)12-9-20-27(2,24)25;5-3(6)1-2-4(7)8/h3-6,13,15,20H,7-12,14H2,1-2H3;1-2H,(H,5,6)(H,7,8)/b;2-1-. The van der Waals surface area contributed by atoms with Crippen LogP contribution in [0.25, 0.3) is 10.9 Å². The maximum atomic E-state index is 12.5. The predicted molar refractivity (Wildman–Crippen MR) is 130 cm³/mol. The van der Waals surface area contributed by atoms with Gasteiger partial charge in [-0.25, -0.2) is 27.5 Å². The molecule has 0 amide bonds. The lowest BCUT2D eigenvalue weighted by Crippen LogP contribution is -2.40. The summed E-state index contributed by atoms with van der Waals surface area (Å²) in [5, 5.41) is 16.5. The number of hydrogen-bond donors (Lipinski definition) is 3. The van der Waals surface area contributed by atoms with Gasteiger partial charge in [0, 0.05) is 49.4 Å². The number of esters is 1. The van der Waals surface area contributed by atoms with E-state index in [-0.39, 0.29) is 5.97 Å². The summed E-state index contributed by atoms with van der Waals surface area (Å²) in [5.41, 5.74) is 1.62. The average molecular weight is 510 g/mol. The van der Waals surface area contributed by atoms with Crippen LogP contribution in [0.4, 0.5) is 0 Å². The quantitative estimate of drug-likeness (QED) is 0.335. The zero-order valence-corrected chi connectivity index (χ0v) is 20.5. The number of sulfonamides is 1. The summed E-state index contributed by atoms with van der Waals surface area (Å²) in [4.78, 5) is 33.8. The first kappa shape index (κ1) is 28.0. The molecule has 192 valence electrons. The molecule has 2 heterocycles. The van der Waals surface area contributed by atoms with Crippen molar-refractivity contribution in [2.24, 2.45) is 13.0 Å². The number of carbonyl (C=O) groups is 3. The molecule has 0 atom stereocenters. The second kappa shape index (κ2) is 13.0. The minimum absolute atomic E-state index is 0.272. The SMILES string of the molecule is Cn1cc(C(=O)OCC2CCN(CCNS(C)(=O)=O)CC2)c2ccccc21.O=C(O)/C=C\C(=O)O. The first-order valence-corrected chi connectivity index (χ1v) is 12.9. The number of aryl methyl sites for hydroxylation is 1. The van der Waals surface area contributed by atoms with Gasteiger partial charge in [-0.3, -0.25) is 0 Å². The van der Waals surface area contributed by atoms with Crippen molar-refractivity contribution in [3.05, 3.63) is 48.2 Å². The first-order valence-electron chi connectivity index (χ1n) is 11.0. The van der Waals surface area contributed by atoms with Gasteiger partial charge in [-0.1, -0.05) is 18.2 Å². The molecule has 1 aromatic carbocycles. The number of nitrogens with one attached hydrogen (secondary N) is 1. The highest BCUT2D eigenvalue weighted by Gasteiger charge is 2.22. The fraction of sp³-hybridized carbons (Fsp3) is 0.435. The summed E-state index contributed by atoms with van der Waals surface area (Å²) in [7, 11) is -1.21. The van der Waals surface area contributed by atoms with Gasteiger partial charge in [0.1, 0.15) is 0 Å². The molecule has 3 rings (SSSR count). The first-order chi connectivity index (χ1) is 16.5. The molecule has 1 aromatic heterocycles. The maximum Gasteiger partial charge on any atom is 0.340 e. The molecule has 1 aliphatic rings. The van der Waals surface area contributed by atoms with E-state index < -0.39 is 22.0 Å². The van der Waals surface area contributed by atoms with E-state index in [0.717, 1.165) is 36.8 Å². The van der Waals surface area contributed by atoms with E-state index >= 15 is 0 Å². The van der Waals surface area contributed by atoms with E-state index in [1.54, 1.807) is 0 Å². The van der Waals surface area contributed by atoms with Crippen LogP contribution in [0.2, 0.25) is 0 Å². The van der Waals surface area contributed by atoms with Gasteiger partial charge in [0.2, 0.25) is 10.0 Å². The number of para-hydroxylation sites is 1. The molecule has 1 fully saturated rings. The third-order valence-electron chi connectivity index (χ3n) is 5.43. The zero-order chi connectivity index (χ0) is 26.0. The Morgan fingerprint density at radius 1 is 1.11 bits per heavy atom. The van der Waals surface area contributed by atoms with Crippen LogP contribution in [0.15, 0.2) is 42.6 Å². The van der Waals surface area contributed by atoms with E-state index in [0.29, 0.717) is 43.3 Å². The van der Waals surface area contributed by atoms with Crippen molar-refractivity contribution in [2.45, 2.75) is 12.8 Å². The van der Waals surface area contributed by atoms with Crippen LogP contribution >= 0.6 is 0 Å². The number of fused-ring (bicyclic) bond motifs is 1. The minimum atomic E-state index is -3.13. The molecule has 11 nitrogen and oxygen atoms in total. The fourth-order valence-corrected chi connectivity index (χ4v) is 4.15. The minimum Gasteiger partial charge on any atom is -0.478 e. The highest BCUT2D eigenvalue weighted by atomic mass is 32.2. The molecule has 0 aliphatic carbocycles.